The van der Waals surface area contributed by atoms with E-state index in [2.05, 4.69) is 10.0 Å². The number of para-hydroxylation sites is 2. The molecule has 2 N–H and O–H groups in total. The lowest BCUT2D eigenvalue weighted by atomic mass is 10.1. The Hall–Kier alpha value is -3.39. The lowest BCUT2D eigenvalue weighted by Gasteiger charge is -2.14. The van der Waals surface area contributed by atoms with Crippen molar-refractivity contribution < 1.29 is 22.3 Å². The van der Waals surface area contributed by atoms with Gasteiger partial charge in [-0.1, -0.05) is 36.4 Å². The number of amides is 1. The number of carbonyl (C=O) groups excluding carboxylic acids is 1. The average Bonchev–Trinajstić information content (AvgIpc) is 2.71. The van der Waals surface area contributed by atoms with E-state index in [9.17, 15) is 17.6 Å². The summed E-state index contributed by atoms with van der Waals surface area (Å²) in [6.07, 6.45) is -0.165. The summed E-state index contributed by atoms with van der Waals surface area (Å²) in [6, 6.07) is 17.2. The van der Waals surface area contributed by atoms with Gasteiger partial charge in [0.2, 0.25) is 5.91 Å². The van der Waals surface area contributed by atoms with Crippen molar-refractivity contribution >= 4 is 27.3 Å². The maximum atomic E-state index is 13.8. The maximum Gasteiger partial charge on any atom is 0.262 e. The first-order chi connectivity index (χ1) is 14.3. The summed E-state index contributed by atoms with van der Waals surface area (Å²) in [6.45, 7) is 1.65. The molecule has 8 heteroatoms. The SMILES string of the molecule is COc1ccccc1NS(=O)(=O)c1cc(NC(=O)Cc2ccccc2F)ccc1C. The molecule has 0 unspecified atom stereocenters. The van der Waals surface area contributed by atoms with Crippen molar-refractivity contribution in [2.45, 2.75) is 18.2 Å². The Bertz CT molecular complexity index is 1180. The summed E-state index contributed by atoms with van der Waals surface area (Å²) in [5, 5.41) is 2.62. The van der Waals surface area contributed by atoms with Crippen LogP contribution in [0.1, 0.15) is 11.1 Å². The molecule has 0 fully saturated rings. The molecule has 30 heavy (non-hydrogen) atoms. The third-order valence-electron chi connectivity index (χ3n) is 4.42. The van der Waals surface area contributed by atoms with E-state index in [0.717, 1.165) is 0 Å². The van der Waals surface area contributed by atoms with Crippen molar-refractivity contribution in [2.75, 3.05) is 17.1 Å². The van der Waals surface area contributed by atoms with E-state index in [0.29, 0.717) is 22.7 Å². The first kappa shape index (κ1) is 21.3. The molecule has 0 radical (unpaired) electrons. The minimum Gasteiger partial charge on any atom is -0.495 e. The summed E-state index contributed by atoms with van der Waals surface area (Å²) in [7, 11) is -2.49. The van der Waals surface area contributed by atoms with Crippen LogP contribution < -0.4 is 14.8 Å². The van der Waals surface area contributed by atoms with Gasteiger partial charge in [-0.25, -0.2) is 12.8 Å². The van der Waals surface area contributed by atoms with Crippen LogP contribution in [-0.2, 0) is 21.2 Å². The van der Waals surface area contributed by atoms with E-state index in [4.69, 9.17) is 4.74 Å². The van der Waals surface area contributed by atoms with Gasteiger partial charge in [0, 0.05) is 5.69 Å². The van der Waals surface area contributed by atoms with Gasteiger partial charge >= 0.3 is 0 Å². The number of nitrogens with one attached hydrogen (secondary N) is 2. The molecule has 3 aromatic rings. The number of halogens is 1. The van der Waals surface area contributed by atoms with E-state index < -0.39 is 21.7 Å². The van der Waals surface area contributed by atoms with E-state index in [1.165, 1.54) is 25.3 Å². The average molecular weight is 428 g/mol. The molecule has 0 atom stereocenters. The van der Waals surface area contributed by atoms with Crippen LogP contribution in [-0.4, -0.2) is 21.4 Å². The maximum absolute atomic E-state index is 13.8. The normalized spacial score (nSPS) is 11.0. The smallest absolute Gasteiger partial charge is 0.262 e. The molecule has 3 rings (SSSR count). The molecule has 3 aromatic carbocycles. The monoisotopic (exact) mass is 428 g/mol. The Morgan fingerprint density at radius 2 is 1.73 bits per heavy atom. The van der Waals surface area contributed by atoms with E-state index in [1.807, 2.05) is 0 Å². The number of carbonyl (C=O) groups is 1. The first-order valence-electron chi connectivity index (χ1n) is 9.10. The van der Waals surface area contributed by atoms with Gasteiger partial charge < -0.3 is 10.1 Å². The summed E-state index contributed by atoms with van der Waals surface area (Å²) in [4.78, 5) is 12.3. The Morgan fingerprint density at radius 3 is 2.47 bits per heavy atom. The van der Waals surface area contributed by atoms with E-state index in [1.54, 1.807) is 55.5 Å². The number of rotatable bonds is 7. The number of ether oxygens (including phenoxy) is 1. The molecule has 0 saturated heterocycles. The predicted octanol–water partition coefficient (Wildman–Crippen LogP) is 4.12. The molecule has 6 nitrogen and oxygen atoms in total. The standard InChI is InChI=1S/C22H21FN2O4S/c1-15-11-12-17(24-22(26)13-16-7-3-4-8-18(16)23)14-21(15)30(27,28)25-19-9-5-6-10-20(19)29-2/h3-12,14,25H,13H2,1-2H3,(H,24,26). The van der Waals surface area contributed by atoms with Gasteiger partial charge in [-0.3, -0.25) is 9.52 Å². The topological polar surface area (TPSA) is 84.5 Å². The van der Waals surface area contributed by atoms with Crippen LogP contribution in [0.4, 0.5) is 15.8 Å². The van der Waals surface area contributed by atoms with Gasteiger partial charge in [0.25, 0.3) is 10.0 Å². The molecular weight excluding hydrogens is 407 g/mol. The third-order valence-corrected chi connectivity index (χ3v) is 5.93. The summed E-state index contributed by atoms with van der Waals surface area (Å²) >= 11 is 0. The van der Waals surface area contributed by atoms with Crippen LogP contribution in [0.15, 0.2) is 71.6 Å². The van der Waals surface area contributed by atoms with Crippen LogP contribution in [0.25, 0.3) is 0 Å². The van der Waals surface area contributed by atoms with Crippen molar-refractivity contribution in [3.63, 3.8) is 0 Å². The summed E-state index contributed by atoms with van der Waals surface area (Å²) < 4.78 is 47.3. The van der Waals surface area contributed by atoms with Crippen LogP contribution in [0.2, 0.25) is 0 Å². The van der Waals surface area contributed by atoms with Gasteiger partial charge in [0.15, 0.2) is 0 Å². The highest BCUT2D eigenvalue weighted by atomic mass is 32.2. The number of sulfonamides is 1. The molecule has 0 aromatic heterocycles. The lowest BCUT2D eigenvalue weighted by Crippen LogP contribution is -2.17. The van der Waals surface area contributed by atoms with Gasteiger partial charge in [-0.05, 0) is 48.4 Å². The zero-order chi connectivity index (χ0) is 21.7. The molecule has 0 spiro atoms. The quantitative estimate of drug-likeness (QED) is 0.593. The fourth-order valence-corrected chi connectivity index (χ4v) is 4.26. The van der Waals surface area contributed by atoms with Gasteiger partial charge in [-0.2, -0.15) is 0 Å². The number of hydrogen-bond donors (Lipinski definition) is 2. The summed E-state index contributed by atoms with van der Waals surface area (Å²) in [5.74, 6) is -0.543. The largest absolute Gasteiger partial charge is 0.495 e. The fourth-order valence-electron chi connectivity index (χ4n) is 2.92. The van der Waals surface area contributed by atoms with Crippen LogP contribution >= 0.6 is 0 Å². The van der Waals surface area contributed by atoms with Crippen LogP contribution in [0, 0.1) is 12.7 Å². The lowest BCUT2D eigenvalue weighted by molar-refractivity contribution is -0.115. The Kier molecular flexibility index (Phi) is 6.37. The van der Waals surface area contributed by atoms with Crippen molar-refractivity contribution in [3.8, 4) is 5.75 Å². The molecular formula is C22H21FN2O4S. The van der Waals surface area contributed by atoms with Crippen molar-refractivity contribution in [3.05, 3.63) is 83.7 Å². The molecule has 1 amide bonds. The molecule has 156 valence electrons. The molecule has 0 heterocycles. The zero-order valence-corrected chi connectivity index (χ0v) is 17.3. The van der Waals surface area contributed by atoms with Crippen LogP contribution in [0.5, 0.6) is 5.75 Å². The molecule has 0 bridgehead atoms. The van der Waals surface area contributed by atoms with Gasteiger partial charge in [-0.15, -0.1) is 0 Å². The zero-order valence-electron chi connectivity index (χ0n) is 16.5. The number of benzene rings is 3. The molecule has 0 aliphatic rings. The highest BCUT2D eigenvalue weighted by molar-refractivity contribution is 7.92. The highest BCUT2D eigenvalue weighted by Gasteiger charge is 2.20. The van der Waals surface area contributed by atoms with Crippen molar-refractivity contribution in [1.82, 2.24) is 0 Å². The summed E-state index contributed by atoms with van der Waals surface area (Å²) in [5.41, 5.74) is 1.35. The first-order valence-corrected chi connectivity index (χ1v) is 10.6. The minimum atomic E-state index is -3.94. The Balaban J connectivity index is 1.82. The minimum absolute atomic E-state index is 0.0112. The predicted molar refractivity (Wildman–Crippen MR) is 114 cm³/mol. The van der Waals surface area contributed by atoms with Gasteiger partial charge in [0.05, 0.1) is 24.1 Å². The second-order valence-electron chi connectivity index (χ2n) is 6.60. The molecule has 0 aliphatic carbocycles. The van der Waals surface area contributed by atoms with Gasteiger partial charge in [0.1, 0.15) is 11.6 Å². The Labute approximate surface area is 174 Å². The highest BCUT2D eigenvalue weighted by Crippen LogP contribution is 2.28. The van der Waals surface area contributed by atoms with Crippen LogP contribution in [0.3, 0.4) is 0 Å². The Morgan fingerprint density at radius 1 is 1.03 bits per heavy atom. The molecule has 0 saturated carbocycles. The second-order valence-corrected chi connectivity index (χ2v) is 8.25. The third kappa shape index (κ3) is 4.96. The number of aryl methyl sites for hydroxylation is 1. The van der Waals surface area contributed by atoms with E-state index in [-0.39, 0.29) is 16.9 Å². The van der Waals surface area contributed by atoms with Crippen molar-refractivity contribution in [2.24, 2.45) is 0 Å². The number of methoxy groups -OCH3 is 1. The number of hydrogen-bond acceptors (Lipinski definition) is 4. The fraction of sp³-hybridized carbons (Fsp3) is 0.136. The van der Waals surface area contributed by atoms with Crippen molar-refractivity contribution in [1.29, 1.82) is 0 Å². The second kappa shape index (κ2) is 8.96. The number of anilines is 2. The molecule has 0 aliphatic heterocycles. The van der Waals surface area contributed by atoms with E-state index >= 15 is 0 Å².